The second kappa shape index (κ2) is 43.5. The molecule has 0 aromatic heterocycles. The summed E-state index contributed by atoms with van der Waals surface area (Å²) in [4.78, 5) is 123. The van der Waals surface area contributed by atoms with Crippen LogP contribution in [-0.4, -0.2) is 61.6 Å². The summed E-state index contributed by atoms with van der Waals surface area (Å²) < 4.78 is 165. The fraction of sp³-hybridized carbons (Fsp3) is 0.141. The summed E-state index contributed by atoms with van der Waals surface area (Å²) in [6, 6.07) is 90.6. The summed E-state index contributed by atoms with van der Waals surface area (Å²) in [5.41, 5.74) is -7.59. The zero-order valence-corrected chi connectivity index (χ0v) is 77.1. The normalized spacial score (nSPS) is 12.3. The summed E-state index contributed by atoms with van der Waals surface area (Å²) in [7, 11) is -11.8. The molecular formula is C99H75Br5F10O13P2. The van der Waals surface area contributed by atoms with Crippen molar-refractivity contribution < 1.29 is 106 Å². The minimum absolute atomic E-state index is 0.00409. The van der Waals surface area contributed by atoms with E-state index in [0.29, 0.717) is 57.3 Å². The third kappa shape index (κ3) is 24.8. The maximum Gasteiger partial charge on any atom is 0.399 e. The van der Waals surface area contributed by atoms with Gasteiger partial charge in [0, 0.05) is 78.9 Å². The van der Waals surface area contributed by atoms with Crippen molar-refractivity contribution in [1.29, 1.82) is 0 Å². The third-order valence-corrected chi connectivity index (χ3v) is 26.2. The second-order valence-corrected chi connectivity index (χ2v) is 37.4. The number of halogens is 15. The second-order valence-electron chi connectivity index (χ2n) is 29.8. The van der Waals surface area contributed by atoms with E-state index in [4.69, 9.17) is 0 Å². The maximum atomic E-state index is 14.6. The molecule has 664 valence electrons. The monoisotopic (exact) mass is 2120 g/mol. The topological polar surface area (TPSA) is 235 Å². The first kappa shape index (κ1) is 101. The molecule has 0 aliphatic heterocycles. The Bertz CT molecular complexity index is 6080. The first-order valence-electron chi connectivity index (χ1n) is 38.9. The molecule has 129 heavy (non-hydrogen) atoms. The number of aldehydes is 3. The van der Waals surface area contributed by atoms with E-state index in [-0.39, 0.29) is 77.2 Å². The van der Waals surface area contributed by atoms with Crippen LogP contribution in [0.1, 0.15) is 125 Å². The van der Waals surface area contributed by atoms with Crippen LogP contribution in [0.15, 0.2) is 356 Å². The van der Waals surface area contributed by atoms with Gasteiger partial charge in [-0.25, -0.2) is 0 Å². The lowest BCUT2D eigenvalue weighted by Gasteiger charge is -2.34. The van der Waals surface area contributed by atoms with Crippen LogP contribution in [0.3, 0.4) is 0 Å². The highest BCUT2D eigenvalue weighted by Gasteiger charge is 2.54. The van der Waals surface area contributed by atoms with E-state index in [9.17, 15) is 106 Å². The van der Waals surface area contributed by atoms with Gasteiger partial charge in [-0.05, 0) is 113 Å². The predicted octanol–water partition coefficient (Wildman–Crippen LogP) is 25.7. The van der Waals surface area contributed by atoms with Crippen molar-refractivity contribution in [2.75, 3.05) is 0 Å². The number of rotatable bonds is 32. The van der Waals surface area contributed by atoms with Gasteiger partial charge in [0.2, 0.25) is 0 Å². The van der Waals surface area contributed by atoms with Gasteiger partial charge < -0.3 is 19.6 Å². The Labute approximate surface area is 777 Å². The summed E-state index contributed by atoms with van der Waals surface area (Å²) in [5, 5.41) is 0. The highest BCUT2D eigenvalue weighted by Crippen LogP contribution is 2.62. The molecule has 0 heterocycles. The van der Waals surface area contributed by atoms with Crippen molar-refractivity contribution in [3.05, 3.63) is 456 Å². The van der Waals surface area contributed by atoms with Crippen LogP contribution in [0.2, 0.25) is 0 Å². The van der Waals surface area contributed by atoms with E-state index in [1.54, 1.807) is 140 Å². The molecule has 4 N–H and O–H groups in total. The molecule has 0 spiro atoms. The molecule has 0 bridgehead atoms. The molecule has 0 radical (unpaired) electrons. The SMILES string of the molecule is O=C(Cc1ccccc1)c1ccccc1.O=C(c1ccccc1)C(Cc1ccc(C(F)(F)P(=O)(O)O)c(Br)c1)(Cc1ccc(C(F)(F)P(=O)(O)O)c(Br)c1)c1ccccc1.O=CC(F)(F)c1ccc(CC(C(=O)c2ccccc2)c2ccccc2)cc1Br.O=CC(F)(F)c1ccc(CC(Cc2ccc(C(F)(F)C=O)c(Br)c2)(C(=O)c2ccccc2)c2ccccc2)cc1Br. The van der Waals surface area contributed by atoms with Crippen LogP contribution in [0.4, 0.5) is 43.9 Å². The largest absolute Gasteiger partial charge is 0.399 e. The highest BCUT2D eigenvalue weighted by atomic mass is 79.9. The highest BCUT2D eigenvalue weighted by molar-refractivity contribution is 9.11. The molecule has 0 saturated heterocycles. The van der Waals surface area contributed by atoms with E-state index >= 15 is 0 Å². The average molecular weight is 2120 g/mol. The number of Topliss-reactive ketones (excluding diaryl/α,β-unsaturated/α-hetero) is 4. The van der Waals surface area contributed by atoms with Gasteiger partial charge in [-0.3, -0.25) is 42.7 Å². The summed E-state index contributed by atoms with van der Waals surface area (Å²) >= 11 is 15.4. The van der Waals surface area contributed by atoms with Crippen molar-refractivity contribution in [3.8, 4) is 0 Å². The zero-order valence-electron chi connectivity index (χ0n) is 67.3. The van der Waals surface area contributed by atoms with E-state index in [2.05, 4.69) is 79.6 Å². The minimum Gasteiger partial charge on any atom is -0.320 e. The molecule has 0 aliphatic rings. The lowest BCUT2D eigenvalue weighted by atomic mass is 9.67. The van der Waals surface area contributed by atoms with E-state index in [1.165, 1.54) is 60.7 Å². The Morgan fingerprint density at radius 2 is 0.550 bits per heavy atom. The number of carbonyl (C=O) groups excluding carboxylic acids is 7. The molecule has 1 unspecified atom stereocenters. The molecule has 1 atom stereocenters. The first-order chi connectivity index (χ1) is 61.0. The molecule has 13 aromatic carbocycles. The number of benzene rings is 13. The summed E-state index contributed by atoms with van der Waals surface area (Å²) in [5.74, 6) is -12.0. The molecule has 0 fully saturated rings. The van der Waals surface area contributed by atoms with Crippen LogP contribution >= 0.6 is 94.8 Å². The van der Waals surface area contributed by atoms with Gasteiger partial charge in [0.1, 0.15) is 0 Å². The van der Waals surface area contributed by atoms with E-state index < -0.39 is 107 Å². The Hall–Kier alpha value is -10.5. The molecular weight excluding hydrogens is 2050 g/mol. The zero-order chi connectivity index (χ0) is 93.9. The van der Waals surface area contributed by atoms with Crippen molar-refractivity contribution in [3.63, 3.8) is 0 Å². The minimum atomic E-state index is -5.88. The molecule has 13 aromatic rings. The lowest BCUT2D eigenvalue weighted by Crippen LogP contribution is -2.41. The Kier molecular flexibility index (Phi) is 34.0. The van der Waals surface area contributed by atoms with Gasteiger partial charge in [0.15, 0.2) is 42.0 Å². The van der Waals surface area contributed by atoms with Gasteiger partial charge in [-0.2, -0.15) is 43.9 Å². The van der Waals surface area contributed by atoms with Gasteiger partial charge in [-0.1, -0.05) is 383 Å². The molecule has 0 amide bonds. The van der Waals surface area contributed by atoms with Crippen LogP contribution in [0, 0.1) is 0 Å². The Morgan fingerprint density at radius 1 is 0.302 bits per heavy atom. The molecule has 0 saturated carbocycles. The maximum absolute atomic E-state index is 14.6. The van der Waals surface area contributed by atoms with Crippen molar-refractivity contribution in [2.45, 2.75) is 84.4 Å². The molecule has 0 aliphatic carbocycles. The number of hydrogen-bond acceptors (Lipinski definition) is 9. The summed E-state index contributed by atoms with van der Waals surface area (Å²) in [6.45, 7) is 0. The number of alkyl halides is 10. The molecule has 13 rings (SSSR count). The van der Waals surface area contributed by atoms with Crippen LogP contribution in [0.25, 0.3) is 0 Å². The van der Waals surface area contributed by atoms with Gasteiger partial charge in [-0.15, -0.1) is 0 Å². The fourth-order valence-electron chi connectivity index (χ4n) is 14.5. The fourth-order valence-corrected chi connectivity index (χ4v) is 19.3. The van der Waals surface area contributed by atoms with Crippen molar-refractivity contribution in [1.82, 2.24) is 0 Å². The van der Waals surface area contributed by atoms with Gasteiger partial charge >= 0.3 is 44.3 Å². The number of hydrogen-bond donors (Lipinski definition) is 4. The number of carbonyl (C=O) groups is 7. The Morgan fingerprint density at radius 3 is 0.837 bits per heavy atom. The first-order valence-corrected chi connectivity index (χ1v) is 46.1. The van der Waals surface area contributed by atoms with Gasteiger partial charge in [0.05, 0.1) is 16.7 Å². The van der Waals surface area contributed by atoms with Gasteiger partial charge in [0.25, 0.3) is 0 Å². The lowest BCUT2D eigenvalue weighted by molar-refractivity contribution is -0.130. The van der Waals surface area contributed by atoms with E-state index in [0.717, 1.165) is 46.5 Å². The average Bonchev–Trinajstić information content (AvgIpc) is 0.741. The van der Waals surface area contributed by atoms with Crippen LogP contribution in [-0.2, 0) is 102 Å². The molecule has 30 heteroatoms. The van der Waals surface area contributed by atoms with Crippen LogP contribution in [0.5, 0.6) is 0 Å². The quantitative estimate of drug-likeness (QED) is 0.0133. The smallest absolute Gasteiger partial charge is 0.320 e. The molecule has 13 nitrogen and oxygen atoms in total. The standard InChI is InChI=1S/C32H22Br2F4O3.C30H24Br2F4O7P2.C23H17BrF2O2.C14H12O/c33-27-15-21(11-13-25(27)31(35,36)19-39)17-30(24-9-5-2-6-10-24,29(41)23-7-3-1-4-8-23)18-22-12-14-26(28(34)16-22)32(37,38)20-40;31-25-15-19(11-13-23(25)29(33,34)44(38,39)40)17-28(22-9-5-2-6-10-22,27(37)21-7-3-1-4-8-21)18-20-12-14-24(26(32)16-20)30(35,36)45(41,42)43;24-21-14-16(11-12-20(21)23(25,26)15-27)13-19(17-7-3-1-4-8-17)22(28)18-9-5-2-6-10-18;15-14(13-9-5-2-6-10-13)11-12-7-3-1-4-8-12/h1-16,19-20H,17-18H2;1-16H,17-18H2,(H2,38,39,40)(H2,41,42,43);1-12,14-15,19H,13H2;1-10H,11H2. The number of ketones is 4. The van der Waals surface area contributed by atoms with Crippen LogP contribution < -0.4 is 0 Å². The van der Waals surface area contributed by atoms with Crippen molar-refractivity contribution >= 4 is 137 Å². The Balaban J connectivity index is 0.000000189. The van der Waals surface area contributed by atoms with E-state index in [1.807, 2.05) is 109 Å². The predicted molar refractivity (Wildman–Crippen MR) is 490 cm³/mol. The summed E-state index contributed by atoms with van der Waals surface area (Å²) in [6.07, 6.45) is -0.579. The third-order valence-electron chi connectivity index (χ3n) is 21.0. The van der Waals surface area contributed by atoms with Crippen molar-refractivity contribution in [2.24, 2.45) is 0 Å².